The third kappa shape index (κ3) is 4.20. The maximum atomic E-state index is 13.1. The molecule has 2 aromatic rings. The molecule has 0 radical (unpaired) electrons. The molecular formula is C24H29FN4O. The Kier molecular flexibility index (Phi) is 5.44. The number of nitrogens with one attached hydrogen (secondary N) is 2. The molecule has 1 saturated carbocycles. The number of fused-ring (bicyclic) bond motifs is 1. The summed E-state index contributed by atoms with van der Waals surface area (Å²) in [5.74, 6) is -0.202. The van der Waals surface area contributed by atoms with E-state index in [9.17, 15) is 9.18 Å². The van der Waals surface area contributed by atoms with Gasteiger partial charge in [-0.3, -0.25) is 9.80 Å². The number of carbonyl (C=O) groups excluding carboxylic acids is 1. The van der Waals surface area contributed by atoms with Gasteiger partial charge in [0.15, 0.2) is 0 Å². The van der Waals surface area contributed by atoms with Crippen LogP contribution < -0.4 is 10.6 Å². The molecule has 1 aliphatic carbocycles. The Morgan fingerprint density at radius 3 is 2.17 bits per heavy atom. The normalized spacial score (nSPS) is 27.4. The second-order valence-electron chi connectivity index (χ2n) is 8.81. The number of carbonyl (C=O) groups is 1. The fourth-order valence-electron chi connectivity index (χ4n) is 5.18. The molecule has 2 aromatic carbocycles. The van der Waals surface area contributed by atoms with Gasteiger partial charge < -0.3 is 10.6 Å². The third-order valence-electron chi connectivity index (χ3n) is 6.92. The number of amides is 2. The number of rotatable bonds is 4. The van der Waals surface area contributed by atoms with Gasteiger partial charge in [0.25, 0.3) is 0 Å². The van der Waals surface area contributed by atoms with Gasteiger partial charge in [-0.05, 0) is 48.1 Å². The Morgan fingerprint density at radius 1 is 0.833 bits per heavy atom. The van der Waals surface area contributed by atoms with Crippen molar-refractivity contribution in [3.8, 4) is 11.1 Å². The summed E-state index contributed by atoms with van der Waals surface area (Å²) in [6.45, 7) is 5.31. The van der Waals surface area contributed by atoms with Gasteiger partial charge in [0.2, 0.25) is 0 Å². The first kappa shape index (κ1) is 19.5. The molecular weight excluding hydrogens is 379 g/mol. The van der Waals surface area contributed by atoms with Crippen LogP contribution in [0.15, 0.2) is 48.5 Å². The van der Waals surface area contributed by atoms with Crippen molar-refractivity contribution in [3.63, 3.8) is 0 Å². The smallest absolute Gasteiger partial charge is 0.315 e. The van der Waals surface area contributed by atoms with Crippen LogP contribution in [0.3, 0.4) is 0 Å². The molecule has 3 aliphatic rings. The highest BCUT2D eigenvalue weighted by atomic mass is 19.1. The van der Waals surface area contributed by atoms with E-state index >= 15 is 0 Å². The SMILES string of the molecule is O=C1NC2CCC(N3CCN(Cc4ccc(-c5ccc(F)cc5)cc4)CC3)CC2N1. The van der Waals surface area contributed by atoms with E-state index in [2.05, 4.69) is 44.7 Å². The van der Waals surface area contributed by atoms with Crippen LogP contribution in [0.2, 0.25) is 0 Å². The average molecular weight is 409 g/mol. The molecule has 6 heteroatoms. The second kappa shape index (κ2) is 8.36. The number of hydrogen-bond acceptors (Lipinski definition) is 3. The van der Waals surface area contributed by atoms with E-state index in [4.69, 9.17) is 0 Å². The predicted octanol–water partition coefficient (Wildman–Crippen LogP) is 3.21. The molecule has 30 heavy (non-hydrogen) atoms. The lowest BCUT2D eigenvalue weighted by Gasteiger charge is -2.42. The van der Waals surface area contributed by atoms with Crippen LogP contribution in [0.25, 0.3) is 11.1 Å². The van der Waals surface area contributed by atoms with Gasteiger partial charge in [0.1, 0.15) is 5.82 Å². The number of halogens is 1. The van der Waals surface area contributed by atoms with E-state index in [1.807, 2.05) is 12.1 Å². The van der Waals surface area contributed by atoms with E-state index in [-0.39, 0.29) is 11.8 Å². The Labute approximate surface area is 177 Å². The van der Waals surface area contributed by atoms with Crippen LogP contribution in [-0.4, -0.2) is 60.1 Å². The Hall–Kier alpha value is -2.44. The fourth-order valence-corrected chi connectivity index (χ4v) is 5.18. The van der Waals surface area contributed by atoms with Crippen molar-refractivity contribution >= 4 is 6.03 Å². The van der Waals surface area contributed by atoms with Crippen LogP contribution in [-0.2, 0) is 6.54 Å². The van der Waals surface area contributed by atoms with E-state index in [1.54, 1.807) is 0 Å². The summed E-state index contributed by atoms with van der Waals surface area (Å²) in [6, 6.07) is 16.5. The molecule has 2 amide bonds. The maximum absolute atomic E-state index is 13.1. The first-order valence-electron chi connectivity index (χ1n) is 11.0. The average Bonchev–Trinajstić information content (AvgIpc) is 3.15. The summed E-state index contributed by atoms with van der Waals surface area (Å²) in [5, 5.41) is 6.12. The highest BCUT2D eigenvalue weighted by molar-refractivity contribution is 5.77. The van der Waals surface area contributed by atoms with Gasteiger partial charge in [-0.15, -0.1) is 0 Å². The molecule has 5 rings (SSSR count). The van der Waals surface area contributed by atoms with E-state index < -0.39 is 0 Å². The molecule has 2 aliphatic heterocycles. The summed E-state index contributed by atoms with van der Waals surface area (Å²) in [6.07, 6.45) is 3.32. The molecule has 158 valence electrons. The third-order valence-corrected chi connectivity index (χ3v) is 6.92. The molecule has 0 spiro atoms. The standard InChI is InChI=1S/C24H29FN4O/c25-20-7-5-19(6-8-20)18-3-1-17(2-4-18)16-28-11-13-29(14-12-28)21-9-10-22-23(15-21)27-24(30)26-22/h1-8,21-23H,9-16H2,(H2,26,27,30). The van der Waals surface area contributed by atoms with Gasteiger partial charge in [-0.25, -0.2) is 9.18 Å². The van der Waals surface area contributed by atoms with Crippen LogP contribution in [0, 0.1) is 5.82 Å². The van der Waals surface area contributed by atoms with Gasteiger partial charge in [0.05, 0.1) is 12.1 Å². The van der Waals surface area contributed by atoms with Crippen molar-refractivity contribution in [3.05, 3.63) is 59.9 Å². The number of hydrogen-bond donors (Lipinski definition) is 2. The number of urea groups is 1. The van der Waals surface area contributed by atoms with Crippen LogP contribution in [0.5, 0.6) is 0 Å². The number of nitrogens with zero attached hydrogens (tertiary/aromatic N) is 2. The van der Waals surface area contributed by atoms with Crippen molar-refractivity contribution < 1.29 is 9.18 Å². The quantitative estimate of drug-likeness (QED) is 0.817. The largest absolute Gasteiger partial charge is 0.333 e. The summed E-state index contributed by atoms with van der Waals surface area (Å²) < 4.78 is 13.1. The Morgan fingerprint density at radius 2 is 1.47 bits per heavy atom. The van der Waals surface area contributed by atoms with Crippen LogP contribution in [0.4, 0.5) is 9.18 Å². The van der Waals surface area contributed by atoms with Gasteiger partial charge in [0, 0.05) is 38.8 Å². The Bertz CT molecular complexity index is 877. The number of piperazine rings is 1. The van der Waals surface area contributed by atoms with E-state index in [0.29, 0.717) is 18.1 Å². The molecule has 5 nitrogen and oxygen atoms in total. The van der Waals surface area contributed by atoms with Crippen molar-refractivity contribution in [2.45, 2.75) is 43.9 Å². The predicted molar refractivity (Wildman–Crippen MR) is 116 cm³/mol. The van der Waals surface area contributed by atoms with E-state index in [0.717, 1.165) is 56.7 Å². The molecule has 2 saturated heterocycles. The minimum Gasteiger partial charge on any atom is -0.333 e. The summed E-state index contributed by atoms with van der Waals surface area (Å²) >= 11 is 0. The zero-order valence-electron chi connectivity index (χ0n) is 17.2. The first-order valence-corrected chi connectivity index (χ1v) is 11.0. The molecule has 3 fully saturated rings. The summed E-state index contributed by atoms with van der Waals surface area (Å²) in [7, 11) is 0. The lowest BCUT2D eigenvalue weighted by Crippen LogP contribution is -2.54. The van der Waals surface area contributed by atoms with Gasteiger partial charge >= 0.3 is 6.03 Å². The lowest BCUT2D eigenvalue weighted by atomic mass is 9.86. The highest BCUT2D eigenvalue weighted by Gasteiger charge is 2.39. The topological polar surface area (TPSA) is 47.6 Å². The molecule has 3 unspecified atom stereocenters. The van der Waals surface area contributed by atoms with Crippen molar-refractivity contribution in [1.29, 1.82) is 0 Å². The van der Waals surface area contributed by atoms with Crippen molar-refractivity contribution in [1.82, 2.24) is 20.4 Å². The zero-order valence-corrected chi connectivity index (χ0v) is 17.2. The fraction of sp³-hybridized carbons (Fsp3) is 0.458. The number of benzene rings is 2. The first-order chi connectivity index (χ1) is 14.6. The Balaban J connectivity index is 1.12. The summed E-state index contributed by atoms with van der Waals surface area (Å²) in [5.41, 5.74) is 3.47. The zero-order chi connectivity index (χ0) is 20.5. The van der Waals surface area contributed by atoms with Gasteiger partial charge in [-0.1, -0.05) is 36.4 Å². The molecule has 2 heterocycles. The van der Waals surface area contributed by atoms with Crippen molar-refractivity contribution in [2.24, 2.45) is 0 Å². The van der Waals surface area contributed by atoms with Gasteiger partial charge in [-0.2, -0.15) is 0 Å². The van der Waals surface area contributed by atoms with Crippen molar-refractivity contribution in [2.75, 3.05) is 26.2 Å². The molecule has 2 N–H and O–H groups in total. The monoisotopic (exact) mass is 408 g/mol. The molecule has 0 aromatic heterocycles. The van der Waals surface area contributed by atoms with E-state index in [1.165, 1.54) is 24.1 Å². The molecule has 3 atom stereocenters. The summed E-state index contributed by atoms with van der Waals surface area (Å²) in [4.78, 5) is 16.7. The second-order valence-corrected chi connectivity index (χ2v) is 8.81. The molecule has 0 bridgehead atoms. The van der Waals surface area contributed by atoms with Crippen LogP contribution in [0.1, 0.15) is 24.8 Å². The minimum absolute atomic E-state index is 0.000848. The maximum Gasteiger partial charge on any atom is 0.315 e. The van der Waals surface area contributed by atoms with Crippen LogP contribution >= 0.6 is 0 Å². The lowest BCUT2D eigenvalue weighted by molar-refractivity contribution is 0.0680. The minimum atomic E-state index is -0.202. The highest BCUT2D eigenvalue weighted by Crippen LogP contribution is 2.27.